The summed E-state index contributed by atoms with van der Waals surface area (Å²) in [5.41, 5.74) is 10.00. The zero-order valence-electron chi connectivity index (χ0n) is 17.2. The molecule has 1 aromatic heterocycles. The lowest BCUT2D eigenvalue weighted by Gasteiger charge is -2.15. The number of aliphatic imine (C=N–C) groups is 1. The van der Waals surface area contributed by atoms with Gasteiger partial charge in [-0.15, -0.1) is 0 Å². The molecule has 3 aromatic rings. The number of nitrogen functional groups attached to an aromatic ring is 1. The Bertz CT molecular complexity index is 1150. The molecule has 0 aliphatic carbocycles. The standard InChI is InChI=1S/C22H24N4O4/c1-28-9-8-25-22(27)20(19-10-14-6-4-5-7-18(14)24-19)21(23)26(25)15-11-16(29-2)13-17(12-15)30-3/h4-7,11-13H,8-10,23H2,1-3H3. The fourth-order valence-electron chi connectivity index (χ4n) is 3.69. The van der Waals surface area contributed by atoms with Crippen LogP contribution in [0.1, 0.15) is 11.1 Å². The van der Waals surface area contributed by atoms with E-state index < -0.39 is 0 Å². The van der Waals surface area contributed by atoms with Gasteiger partial charge in [0.25, 0.3) is 5.56 Å². The van der Waals surface area contributed by atoms with Crippen molar-refractivity contribution < 1.29 is 14.2 Å². The molecule has 0 spiro atoms. The molecule has 0 radical (unpaired) electrons. The number of ether oxygens (including phenoxy) is 3. The summed E-state index contributed by atoms with van der Waals surface area (Å²) >= 11 is 0. The SMILES string of the molecule is COCCn1c(=O)c(C2=Nc3ccccc3C2)c(N)n1-c1cc(OC)cc(OC)c1. The van der Waals surface area contributed by atoms with Gasteiger partial charge in [0, 0.05) is 31.7 Å². The summed E-state index contributed by atoms with van der Waals surface area (Å²) in [6.45, 7) is 0.690. The van der Waals surface area contributed by atoms with E-state index in [4.69, 9.17) is 19.9 Å². The molecule has 2 heterocycles. The van der Waals surface area contributed by atoms with Crippen molar-refractivity contribution in [3.8, 4) is 17.2 Å². The maximum absolute atomic E-state index is 13.4. The fraction of sp³-hybridized carbons (Fsp3) is 0.273. The first-order valence-corrected chi connectivity index (χ1v) is 9.57. The van der Waals surface area contributed by atoms with E-state index in [-0.39, 0.29) is 5.56 Å². The minimum atomic E-state index is -0.210. The molecular formula is C22H24N4O4. The zero-order chi connectivity index (χ0) is 21.3. The number of hydrogen-bond acceptors (Lipinski definition) is 6. The monoisotopic (exact) mass is 408 g/mol. The molecule has 0 fully saturated rings. The Labute approximate surface area is 174 Å². The lowest BCUT2D eigenvalue weighted by atomic mass is 10.1. The minimum absolute atomic E-state index is 0.210. The minimum Gasteiger partial charge on any atom is -0.497 e. The van der Waals surface area contributed by atoms with Crippen LogP contribution in [0.15, 0.2) is 52.3 Å². The summed E-state index contributed by atoms with van der Waals surface area (Å²) in [4.78, 5) is 18.1. The molecule has 8 heteroatoms. The second kappa shape index (κ2) is 8.08. The first kappa shape index (κ1) is 19.8. The van der Waals surface area contributed by atoms with Crippen LogP contribution in [0.25, 0.3) is 5.69 Å². The Morgan fingerprint density at radius 3 is 2.40 bits per heavy atom. The second-order valence-corrected chi connectivity index (χ2v) is 6.93. The molecule has 2 aromatic carbocycles. The molecule has 156 valence electrons. The lowest BCUT2D eigenvalue weighted by Crippen LogP contribution is -2.26. The summed E-state index contributed by atoms with van der Waals surface area (Å²) in [6, 6.07) is 13.2. The van der Waals surface area contributed by atoms with Gasteiger partial charge in [0.15, 0.2) is 0 Å². The number of hydrogen-bond donors (Lipinski definition) is 1. The van der Waals surface area contributed by atoms with Crippen molar-refractivity contribution in [2.24, 2.45) is 4.99 Å². The number of nitrogens with two attached hydrogens (primary N) is 1. The van der Waals surface area contributed by atoms with Crippen LogP contribution in [0.5, 0.6) is 11.5 Å². The zero-order valence-corrected chi connectivity index (χ0v) is 17.2. The second-order valence-electron chi connectivity index (χ2n) is 6.93. The van der Waals surface area contributed by atoms with Crippen molar-refractivity contribution in [3.63, 3.8) is 0 Å². The molecule has 8 nitrogen and oxygen atoms in total. The first-order chi connectivity index (χ1) is 14.6. The van der Waals surface area contributed by atoms with Gasteiger partial charge in [-0.25, -0.2) is 9.36 Å². The fourth-order valence-corrected chi connectivity index (χ4v) is 3.69. The number of methoxy groups -OCH3 is 3. The van der Waals surface area contributed by atoms with Gasteiger partial charge in [-0.1, -0.05) is 18.2 Å². The molecule has 1 aliphatic rings. The van der Waals surface area contributed by atoms with Crippen molar-refractivity contribution >= 4 is 17.2 Å². The molecule has 0 saturated heterocycles. The van der Waals surface area contributed by atoms with Gasteiger partial charge < -0.3 is 19.9 Å². The molecular weight excluding hydrogens is 384 g/mol. The highest BCUT2D eigenvalue weighted by molar-refractivity contribution is 6.09. The van der Waals surface area contributed by atoms with E-state index in [1.807, 2.05) is 24.3 Å². The van der Waals surface area contributed by atoms with E-state index in [2.05, 4.69) is 4.99 Å². The van der Waals surface area contributed by atoms with Crippen LogP contribution in [-0.2, 0) is 17.7 Å². The quantitative estimate of drug-likeness (QED) is 0.649. The number of rotatable bonds is 7. The Morgan fingerprint density at radius 1 is 1.07 bits per heavy atom. The van der Waals surface area contributed by atoms with Crippen LogP contribution in [0.3, 0.4) is 0 Å². The third kappa shape index (κ3) is 3.35. The molecule has 30 heavy (non-hydrogen) atoms. The number of anilines is 1. The summed E-state index contributed by atoms with van der Waals surface area (Å²) in [7, 11) is 4.74. The van der Waals surface area contributed by atoms with Gasteiger partial charge >= 0.3 is 0 Å². The molecule has 1 aliphatic heterocycles. The third-order valence-electron chi connectivity index (χ3n) is 5.16. The van der Waals surface area contributed by atoms with Crippen LogP contribution in [-0.4, -0.2) is 43.0 Å². The number of para-hydroxylation sites is 1. The topological polar surface area (TPSA) is 93.0 Å². The molecule has 0 unspecified atom stereocenters. The van der Waals surface area contributed by atoms with Gasteiger partial charge in [0.05, 0.1) is 44.5 Å². The number of fused-ring (bicyclic) bond motifs is 1. The highest BCUT2D eigenvalue weighted by atomic mass is 16.5. The van der Waals surface area contributed by atoms with Crippen molar-refractivity contribution in [1.29, 1.82) is 0 Å². The van der Waals surface area contributed by atoms with Gasteiger partial charge in [-0.2, -0.15) is 0 Å². The highest BCUT2D eigenvalue weighted by Gasteiger charge is 2.26. The van der Waals surface area contributed by atoms with E-state index in [1.165, 1.54) is 0 Å². The molecule has 0 saturated carbocycles. The number of benzene rings is 2. The van der Waals surface area contributed by atoms with Crippen LogP contribution in [0.4, 0.5) is 11.5 Å². The maximum Gasteiger partial charge on any atom is 0.278 e. The number of nitrogens with zero attached hydrogens (tertiary/aromatic N) is 3. The van der Waals surface area contributed by atoms with E-state index in [9.17, 15) is 4.79 Å². The van der Waals surface area contributed by atoms with E-state index in [1.54, 1.807) is 48.9 Å². The molecule has 2 N–H and O–H groups in total. The average Bonchev–Trinajstić information content (AvgIpc) is 3.29. The highest BCUT2D eigenvalue weighted by Crippen LogP contribution is 2.31. The summed E-state index contributed by atoms with van der Waals surface area (Å²) in [5, 5.41) is 0. The summed E-state index contributed by atoms with van der Waals surface area (Å²) in [5.74, 6) is 1.50. The van der Waals surface area contributed by atoms with Gasteiger partial charge in [0.2, 0.25) is 0 Å². The third-order valence-corrected chi connectivity index (χ3v) is 5.16. The molecule has 0 atom stereocenters. The van der Waals surface area contributed by atoms with E-state index in [0.29, 0.717) is 53.9 Å². The molecule has 0 amide bonds. The predicted octanol–water partition coefficient (Wildman–Crippen LogP) is 2.56. The van der Waals surface area contributed by atoms with Crippen molar-refractivity contribution in [3.05, 3.63) is 63.9 Å². The van der Waals surface area contributed by atoms with Crippen molar-refractivity contribution in [2.75, 3.05) is 33.7 Å². The Balaban J connectivity index is 1.90. The van der Waals surface area contributed by atoms with Crippen molar-refractivity contribution in [1.82, 2.24) is 9.36 Å². The largest absolute Gasteiger partial charge is 0.497 e. The van der Waals surface area contributed by atoms with E-state index >= 15 is 0 Å². The van der Waals surface area contributed by atoms with Crippen LogP contribution in [0, 0.1) is 0 Å². The van der Waals surface area contributed by atoms with Crippen LogP contribution in [0.2, 0.25) is 0 Å². The predicted molar refractivity (Wildman–Crippen MR) is 116 cm³/mol. The average molecular weight is 408 g/mol. The van der Waals surface area contributed by atoms with E-state index in [0.717, 1.165) is 11.3 Å². The van der Waals surface area contributed by atoms with Gasteiger partial charge in [-0.05, 0) is 11.6 Å². The molecule has 0 bridgehead atoms. The molecule has 4 rings (SSSR count). The van der Waals surface area contributed by atoms with Crippen LogP contribution < -0.4 is 20.8 Å². The smallest absolute Gasteiger partial charge is 0.278 e. The van der Waals surface area contributed by atoms with Crippen molar-refractivity contribution in [2.45, 2.75) is 13.0 Å². The summed E-state index contributed by atoms with van der Waals surface area (Å²) in [6.07, 6.45) is 0.561. The lowest BCUT2D eigenvalue weighted by molar-refractivity contribution is 0.180. The Morgan fingerprint density at radius 2 is 1.77 bits per heavy atom. The first-order valence-electron chi connectivity index (χ1n) is 9.57. The van der Waals surface area contributed by atoms with Crippen LogP contribution >= 0.6 is 0 Å². The Kier molecular flexibility index (Phi) is 5.33. The Hall–Kier alpha value is -3.52. The maximum atomic E-state index is 13.4. The number of aromatic nitrogens is 2. The summed E-state index contributed by atoms with van der Waals surface area (Å²) < 4.78 is 19.2. The van der Waals surface area contributed by atoms with Gasteiger partial charge in [-0.3, -0.25) is 9.79 Å². The normalized spacial score (nSPS) is 12.6. The van der Waals surface area contributed by atoms with Gasteiger partial charge in [0.1, 0.15) is 22.9 Å².